The van der Waals surface area contributed by atoms with Crippen molar-refractivity contribution >= 4 is 22.6 Å². The summed E-state index contributed by atoms with van der Waals surface area (Å²) < 4.78 is 22.3. The second kappa shape index (κ2) is 7.03. The average molecular weight is 366 g/mol. The van der Waals surface area contributed by atoms with E-state index in [2.05, 4.69) is 10.5 Å². The van der Waals surface area contributed by atoms with Gasteiger partial charge in [-0.2, -0.15) is 5.10 Å². The molecule has 0 radical (unpaired) electrons. The van der Waals surface area contributed by atoms with E-state index in [1.165, 1.54) is 0 Å². The zero-order valence-corrected chi connectivity index (χ0v) is 14.9. The maximum atomic E-state index is 12.3. The van der Waals surface area contributed by atoms with Crippen LogP contribution in [0.1, 0.15) is 12.7 Å². The molecule has 1 aromatic heterocycles. The zero-order valence-electron chi connectivity index (χ0n) is 14.9. The fraction of sp³-hybridized carbons (Fsp3) is 0.200. The number of nitrogens with zero attached hydrogens (tertiary/aromatic N) is 1. The maximum Gasteiger partial charge on any atom is 0.284 e. The molecule has 0 spiro atoms. The number of para-hydroxylation sites is 3. The van der Waals surface area contributed by atoms with Crippen molar-refractivity contribution in [2.45, 2.75) is 13.0 Å². The van der Waals surface area contributed by atoms with Crippen LogP contribution in [0, 0.1) is 0 Å². The van der Waals surface area contributed by atoms with Gasteiger partial charge in [0.25, 0.3) is 5.91 Å². The van der Waals surface area contributed by atoms with Gasteiger partial charge in [0.05, 0.1) is 7.11 Å². The highest BCUT2D eigenvalue weighted by Gasteiger charge is 2.27. The Balaban J connectivity index is 1.47. The van der Waals surface area contributed by atoms with Crippen LogP contribution in [0.25, 0.3) is 11.0 Å². The molecule has 27 heavy (non-hydrogen) atoms. The number of carbonyl (C=O) groups excluding carboxylic acids is 1. The molecule has 0 aliphatic carbocycles. The van der Waals surface area contributed by atoms with E-state index >= 15 is 0 Å². The van der Waals surface area contributed by atoms with E-state index in [1.54, 1.807) is 26.2 Å². The number of rotatable bonds is 4. The number of methoxy groups -OCH3 is 1. The first-order valence-electron chi connectivity index (χ1n) is 8.45. The molecule has 1 N–H and O–H groups in total. The van der Waals surface area contributed by atoms with Crippen molar-refractivity contribution in [3.63, 3.8) is 0 Å². The van der Waals surface area contributed by atoms with Crippen LogP contribution in [0.5, 0.6) is 17.2 Å². The molecule has 2 heterocycles. The van der Waals surface area contributed by atoms with E-state index in [9.17, 15) is 4.79 Å². The van der Waals surface area contributed by atoms with Gasteiger partial charge < -0.3 is 18.6 Å². The summed E-state index contributed by atoms with van der Waals surface area (Å²) in [7, 11) is 1.59. The van der Waals surface area contributed by atoms with Crippen molar-refractivity contribution < 1.29 is 23.4 Å². The Morgan fingerprint density at radius 2 is 2.00 bits per heavy atom. The van der Waals surface area contributed by atoms with Gasteiger partial charge in [0.15, 0.2) is 28.6 Å². The lowest BCUT2D eigenvalue weighted by Gasteiger charge is -2.24. The van der Waals surface area contributed by atoms with Gasteiger partial charge in [0.2, 0.25) is 6.10 Å². The second-order valence-corrected chi connectivity index (χ2v) is 6.03. The topological polar surface area (TPSA) is 82.3 Å². The second-order valence-electron chi connectivity index (χ2n) is 6.03. The number of ether oxygens (including phenoxy) is 3. The smallest absolute Gasteiger partial charge is 0.284 e. The third-order valence-electron chi connectivity index (χ3n) is 4.22. The Morgan fingerprint density at radius 1 is 1.19 bits per heavy atom. The van der Waals surface area contributed by atoms with Crippen LogP contribution >= 0.6 is 0 Å². The first kappa shape index (κ1) is 17.0. The number of hydrogen-bond donors (Lipinski definition) is 1. The quantitative estimate of drug-likeness (QED) is 0.567. The number of fused-ring (bicyclic) bond motifs is 2. The number of amides is 1. The lowest BCUT2D eigenvalue weighted by Crippen LogP contribution is -2.42. The van der Waals surface area contributed by atoms with E-state index < -0.39 is 12.0 Å². The number of carbonyl (C=O) groups is 1. The van der Waals surface area contributed by atoms with E-state index in [0.29, 0.717) is 34.3 Å². The molecule has 1 amide bonds. The number of furan rings is 1. The van der Waals surface area contributed by atoms with E-state index in [4.69, 9.17) is 18.6 Å². The number of nitrogens with one attached hydrogen (secondary N) is 1. The minimum Gasteiger partial charge on any atom is -0.493 e. The number of benzene rings is 2. The van der Waals surface area contributed by atoms with Crippen LogP contribution in [-0.2, 0) is 4.79 Å². The summed E-state index contributed by atoms with van der Waals surface area (Å²) in [6.07, 6.45) is -0.771. The minimum atomic E-state index is -0.771. The Kier molecular flexibility index (Phi) is 4.42. The summed E-state index contributed by atoms with van der Waals surface area (Å²) in [5.41, 5.74) is 3.67. The molecule has 2 aromatic carbocycles. The summed E-state index contributed by atoms with van der Waals surface area (Å²) in [6, 6.07) is 14.7. The fourth-order valence-corrected chi connectivity index (χ4v) is 2.79. The van der Waals surface area contributed by atoms with Crippen LogP contribution in [0.15, 0.2) is 58.0 Å². The number of hydrogen-bond acceptors (Lipinski definition) is 6. The third-order valence-corrected chi connectivity index (χ3v) is 4.22. The Hall–Kier alpha value is -3.48. The Morgan fingerprint density at radius 3 is 2.81 bits per heavy atom. The van der Waals surface area contributed by atoms with E-state index in [-0.39, 0.29) is 6.61 Å². The van der Waals surface area contributed by atoms with Gasteiger partial charge in [-0.25, -0.2) is 5.43 Å². The van der Waals surface area contributed by atoms with Gasteiger partial charge in [0, 0.05) is 5.39 Å². The first-order chi connectivity index (χ1) is 13.2. The van der Waals surface area contributed by atoms with Crippen molar-refractivity contribution in [3.8, 4) is 17.2 Å². The molecule has 1 atom stereocenters. The van der Waals surface area contributed by atoms with Gasteiger partial charge in [-0.05, 0) is 31.2 Å². The van der Waals surface area contributed by atoms with Gasteiger partial charge in [-0.15, -0.1) is 0 Å². The average Bonchev–Trinajstić information content (AvgIpc) is 3.16. The molecule has 138 valence electrons. The monoisotopic (exact) mass is 366 g/mol. The standard InChI is InChI=1S/C20H18N2O5/c1-12(17-10-13-6-5-9-16(24-2)19(13)27-17)21-22-20(23)18-11-25-14-7-3-4-8-15(14)26-18/h3-10,18H,11H2,1-2H3,(H,22,23)/b21-12-/t18-/m1/s1. The van der Waals surface area contributed by atoms with Crippen LogP contribution in [0.2, 0.25) is 0 Å². The zero-order chi connectivity index (χ0) is 18.8. The first-order valence-corrected chi connectivity index (χ1v) is 8.45. The van der Waals surface area contributed by atoms with Crippen molar-refractivity contribution in [3.05, 3.63) is 54.3 Å². The van der Waals surface area contributed by atoms with E-state index in [1.807, 2.05) is 36.4 Å². The molecule has 1 aliphatic rings. The van der Waals surface area contributed by atoms with Crippen molar-refractivity contribution in [2.75, 3.05) is 13.7 Å². The molecule has 0 unspecified atom stereocenters. The molecular weight excluding hydrogens is 348 g/mol. The molecule has 0 saturated heterocycles. The summed E-state index contributed by atoms with van der Waals surface area (Å²) in [5.74, 6) is 1.95. The molecular formula is C20H18N2O5. The van der Waals surface area contributed by atoms with Gasteiger partial charge in [-0.3, -0.25) is 4.79 Å². The minimum absolute atomic E-state index is 0.124. The Bertz CT molecular complexity index is 1020. The SMILES string of the molecule is COc1cccc2cc(/C(C)=N\NC(=O)[C@H]3COc4ccccc4O3)oc12. The lowest BCUT2D eigenvalue weighted by molar-refractivity contribution is -0.130. The molecule has 0 saturated carbocycles. The summed E-state index contributed by atoms with van der Waals surface area (Å²) in [5, 5.41) is 5.02. The highest BCUT2D eigenvalue weighted by atomic mass is 16.6. The van der Waals surface area contributed by atoms with Gasteiger partial charge >= 0.3 is 0 Å². The molecule has 7 heteroatoms. The lowest BCUT2D eigenvalue weighted by atomic mass is 10.2. The highest BCUT2D eigenvalue weighted by Crippen LogP contribution is 2.31. The molecule has 0 fully saturated rings. The fourth-order valence-electron chi connectivity index (χ4n) is 2.79. The van der Waals surface area contributed by atoms with Crippen LogP contribution in [0.4, 0.5) is 0 Å². The molecule has 4 rings (SSSR count). The third kappa shape index (κ3) is 3.31. The molecule has 3 aromatic rings. The van der Waals surface area contributed by atoms with Gasteiger partial charge in [-0.1, -0.05) is 24.3 Å². The normalized spacial score (nSPS) is 16.2. The van der Waals surface area contributed by atoms with Crippen molar-refractivity contribution in [1.29, 1.82) is 0 Å². The summed E-state index contributed by atoms with van der Waals surface area (Å²) in [4.78, 5) is 12.3. The Labute approximate surface area is 155 Å². The molecule has 1 aliphatic heterocycles. The van der Waals surface area contributed by atoms with Gasteiger partial charge in [0.1, 0.15) is 12.3 Å². The molecule has 0 bridgehead atoms. The predicted octanol–water partition coefficient (Wildman–Crippen LogP) is 3.12. The van der Waals surface area contributed by atoms with Crippen LogP contribution in [-0.4, -0.2) is 31.4 Å². The van der Waals surface area contributed by atoms with E-state index in [0.717, 1.165) is 5.39 Å². The number of hydrazone groups is 1. The summed E-state index contributed by atoms with van der Waals surface area (Å²) in [6.45, 7) is 1.87. The summed E-state index contributed by atoms with van der Waals surface area (Å²) >= 11 is 0. The molecule has 7 nitrogen and oxygen atoms in total. The van der Waals surface area contributed by atoms with Crippen molar-refractivity contribution in [1.82, 2.24) is 5.43 Å². The predicted molar refractivity (Wildman–Crippen MR) is 99.5 cm³/mol. The largest absolute Gasteiger partial charge is 0.493 e. The van der Waals surface area contributed by atoms with Crippen LogP contribution in [0.3, 0.4) is 0 Å². The van der Waals surface area contributed by atoms with Crippen LogP contribution < -0.4 is 19.6 Å². The van der Waals surface area contributed by atoms with Crippen molar-refractivity contribution in [2.24, 2.45) is 5.10 Å². The maximum absolute atomic E-state index is 12.3. The highest BCUT2D eigenvalue weighted by molar-refractivity contribution is 6.01.